The van der Waals surface area contributed by atoms with Crippen molar-refractivity contribution in [1.82, 2.24) is 19.8 Å². The Kier molecular flexibility index (Phi) is 5.79. The zero-order chi connectivity index (χ0) is 22.8. The number of ether oxygens (including phenoxy) is 1. The minimum Gasteiger partial charge on any atom is -0.497 e. The van der Waals surface area contributed by atoms with E-state index in [0.717, 1.165) is 28.4 Å². The van der Waals surface area contributed by atoms with Gasteiger partial charge in [-0.15, -0.1) is 0 Å². The maximum absolute atomic E-state index is 13.6. The molecule has 2 aromatic heterocycles. The van der Waals surface area contributed by atoms with Crippen molar-refractivity contribution in [2.75, 3.05) is 7.11 Å². The number of hydrogen-bond donors (Lipinski definition) is 1. The van der Waals surface area contributed by atoms with Crippen LogP contribution in [-0.4, -0.2) is 26.7 Å². The van der Waals surface area contributed by atoms with Gasteiger partial charge in [0, 0.05) is 30.3 Å². The molecule has 2 atom stereocenters. The summed E-state index contributed by atoms with van der Waals surface area (Å²) in [5.74, 6) is 0.553. The van der Waals surface area contributed by atoms with E-state index in [1.165, 1.54) is 12.1 Å². The van der Waals surface area contributed by atoms with Gasteiger partial charge in [-0.1, -0.05) is 18.2 Å². The van der Waals surface area contributed by atoms with Crippen LogP contribution in [-0.2, 0) is 6.54 Å². The number of methoxy groups -OCH3 is 1. The Morgan fingerprint density at radius 3 is 2.48 bits per heavy atom. The second-order valence-corrected chi connectivity index (χ2v) is 8.27. The molecule has 0 bridgehead atoms. The van der Waals surface area contributed by atoms with Gasteiger partial charge in [-0.25, -0.2) is 4.39 Å². The largest absolute Gasteiger partial charge is 0.497 e. The average molecular weight is 459 g/mol. The number of aromatic nitrogens is 2. The highest BCUT2D eigenvalue weighted by molar-refractivity contribution is 7.80. The lowest BCUT2D eigenvalue weighted by atomic mass is 10.0. The van der Waals surface area contributed by atoms with Gasteiger partial charge in [-0.3, -0.25) is 4.98 Å². The molecule has 7 heteroatoms. The molecule has 166 valence electrons. The van der Waals surface area contributed by atoms with Crippen LogP contribution in [0.2, 0.25) is 0 Å². The number of nitrogens with one attached hydrogen (secondary N) is 1. The van der Waals surface area contributed by atoms with Gasteiger partial charge in [-0.05, 0) is 78.4 Å². The molecule has 5 nitrogen and oxygen atoms in total. The van der Waals surface area contributed by atoms with E-state index in [4.69, 9.17) is 17.0 Å². The van der Waals surface area contributed by atoms with E-state index in [0.29, 0.717) is 11.7 Å². The van der Waals surface area contributed by atoms with Crippen molar-refractivity contribution < 1.29 is 9.13 Å². The molecule has 1 fully saturated rings. The van der Waals surface area contributed by atoms with Gasteiger partial charge in [0.1, 0.15) is 11.6 Å². The highest BCUT2D eigenvalue weighted by Crippen LogP contribution is 2.40. The van der Waals surface area contributed by atoms with Crippen LogP contribution in [0.15, 0.2) is 91.3 Å². The molecule has 1 aliphatic heterocycles. The van der Waals surface area contributed by atoms with Crippen molar-refractivity contribution >= 4 is 17.3 Å². The summed E-state index contributed by atoms with van der Waals surface area (Å²) in [6.07, 6.45) is 3.78. The average Bonchev–Trinajstić information content (AvgIpc) is 3.45. The molecule has 4 aromatic rings. The molecule has 0 unspecified atom stereocenters. The van der Waals surface area contributed by atoms with Crippen molar-refractivity contribution in [3.05, 3.63) is 114 Å². The molecule has 1 N–H and O–H groups in total. The summed E-state index contributed by atoms with van der Waals surface area (Å²) in [6, 6.07) is 24.2. The summed E-state index contributed by atoms with van der Waals surface area (Å²) >= 11 is 5.80. The number of pyridine rings is 1. The summed E-state index contributed by atoms with van der Waals surface area (Å²) in [4.78, 5) is 6.80. The van der Waals surface area contributed by atoms with Gasteiger partial charge in [-0.2, -0.15) is 0 Å². The molecule has 0 spiro atoms. The van der Waals surface area contributed by atoms with Crippen LogP contribution < -0.4 is 10.1 Å². The second kappa shape index (κ2) is 9.03. The van der Waals surface area contributed by atoms with E-state index in [1.807, 2.05) is 54.7 Å². The third kappa shape index (κ3) is 4.19. The van der Waals surface area contributed by atoms with Gasteiger partial charge in [0.05, 0.1) is 24.9 Å². The van der Waals surface area contributed by atoms with E-state index in [1.54, 1.807) is 25.4 Å². The summed E-state index contributed by atoms with van der Waals surface area (Å²) in [5.41, 5.74) is 3.96. The fourth-order valence-electron chi connectivity index (χ4n) is 4.30. The molecule has 0 aliphatic carbocycles. The normalized spacial score (nSPS) is 17.8. The molecule has 5 rings (SSSR count). The predicted octanol–water partition coefficient (Wildman–Crippen LogP) is 5.19. The molecule has 0 saturated carbocycles. The van der Waals surface area contributed by atoms with Crippen LogP contribution in [0.4, 0.5) is 4.39 Å². The number of rotatable bonds is 6. The van der Waals surface area contributed by atoms with Crippen LogP contribution in [0.3, 0.4) is 0 Å². The van der Waals surface area contributed by atoms with E-state index < -0.39 is 0 Å². The van der Waals surface area contributed by atoms with Crippen molar-refractivity contribution in [3.8, 4) is 11.4 Å². The van der Waals surface area contributed by atoms with Crippen molar-refractivity contribution in [2.24, 2.45) is 0 Å². The summed E-state index contributed by atoms with van der Waals surface area (Å²) < 4.78 is 20.9. The lowest BCUT2D eigenvalue weighted by Crippen LogP contribution is -2.30. The van der Waals surface area contributed by atoms with E-state index >= 15 is 0 Å². The molecule has 33 heavy (non-hydrogen) atoms. The highest BCUT2D eigenvalue weighted by Gasteiger charge is 2.41. The molecular weight excluding hydrogens is 435 g/mol. The van der Waals surface area contributed by atoms with Crippen LogP contribution in [0, 0.1) is 5.82 Å². The van der Waals surface area contributed by atoms with Crippen LogP contribution in [0.1, 0.15) is 29.0 Å². The Labute approximate surface area is 197 Å². The van der Waals surface area contributed by atoms with E-state index in [-0.39, 0.29) is 17.9 Å². The smallest absolute Gasteiger partial charge is 0.170 e. The Balaban J connectivity index is 1.57. The first-order valence-corrected chi connectivity index (χ1v) is 11.1. The standard InChI is InChI=1S/C26H23FN4OS/c1-32-21-13-7-18(8-14-21)17-31-25(24(29-26(31)33)22-5-2-3-15-28-22)23-6-4-16-30(23)20-11-9-19(27)10-12-20/h2-16,24-25H,17H2,1H3,(H,29,33)/t24-,25+/m0/s1. The molecular formula is C26H23FN4OS. The first-order valence-electron chi connectivity index (χ1n) is 10.7. The predicted molar refractivity (Wildman–Crippen MR) is 130 cm³/mol. The summed E-state index contributed by atoms with van der Waals surface area (Å²) in [6.45, 7) is 0.623. The van der Waals surface area contributed by atoms with Gasteiger partial charge < -0.3 is 19.5 Å². The SMILES string of the molecule is COc1ccc(CN2C(=S)N[C@@H](c3ccccn3)[C@H]2c2cccn2-c2ccc(F)cc2)cc1. The summed E-state index contributed by atoms with van der Waals surface area (Å²) in [7, 11) is 1.66. The minimum atomic E-state index is -0.260. The number of halogens is 1. The first-order chi connectivity index (χ1) is 16.1. The molecule has 0 amide bonds. The first kappa shape index (κ1) is 21.2. The Bertz CT molecular complexity index is 1240. The second-order valence-electron chi connectivity index (χ2n) is 7.88. The number of hydrogen-bond acceptors (Lipinski definition) is 3. The number of thiocarbonyl (C=S) groups is 1. The van der Waals surface area contributed by atoms with Crippen LogP contribution >= 0.6 is 12.2 Å². The number of benzene rings is 2. The Hall–Kier alpha value is -3.71. The van der Waals surface area contributed by atoms with Gasteiger partial charge >= 0.3 is 0 Å². The van der Waals surface area contributed by atoms with Gasteiger partial charge in [0.25, 0.3) is 0 Å². The van der Waals surface area contributed by atoms with E-state index in [2.05, 4.69) is 25.8 Å². The molecule has 0 radical (unpaired) electrons. The highest BCUT2D eigenvalue weighted by atomic mass is 32.1. The fraction of sp³-hybridized carbons (Fsp3) is 0.154. The number of nitrogens with zero attached hydrogens (tertiary/aromatic N) is 3. The zero-order valence-corrected chi connectivity index (χ0v) is 18.9. The third-order valence-electron chi connectivity index (χ3n) is 5.90. The van der Waals surface area contributed by atoms with Gasteiger partial charge in [0.2, 0.25) is 0 Å². The third-order valence-corrected chi connectivity index (χ3v) is 6.25. The van der Waals surface area contributed by atoms with Crippen molar-refractivity contribution in [2.45, 2.75) is 18.6 Å². The van der Waals surface area contributed by atoms with Crippen molar-refractivity contribution in [3.63, 3.8) is 0 Å². The van der Waals surface area contributed by atoms with Crippen LogP contribution in [0.5, 0.6) is 5.75 Å². The topological polar surface area (TPSA) is 42.3 Å². The summed E-state index contributed by atoms with van der Waals surface area (Å²) in [5, 5.41) is 4.15. The molecule has 1 aliphatic rings. The molecule has 1 saturated heterocycles. The zero-order valence-electron chi connectivity index (χ0n) is 18.1. The lowest BCUT2D eigenvalue weighted by molar-refractivity contribution is 0.302. The molecule has 3 heterocycles. The van der Waals surface area contributed by atoms with Crippen molar-refractivity contribution in [1.29, 1.82) is 0 Å². The van der Waals surface area contributed by atoms with E-state index in [9.17, 15) is 4.39 Å². The van der Waals surface area contributed by atoms with Gasteiger partial charge in [0.15, 0.2) is 5.11 Å². The lowest BCUT2D eigenvalue weighted by Gasteiger charge is -2.29. The maximum atomic E-state index is 13.6. The fourth-order valence-corrected chi connectivity index (χ4v) is 4.60. The quantitative estimate of drug-likeness (QED) is 0.403. The Morgan fingerprint density at radius 1 is 1.00 bits per heavy atom. The monoisotopic (exact) mass is 458 g/mol. The maximum Gasteiger partial charge on any atom is 0.170 e. The molecule has 2 aromatic carbocycles. The Morgan fingerprint density at radius 2 is 1.79 bits per heavy atom. The minimum absolute atomic E-state index is 0.116. The van der Waals surface area contributed by atoms with Crippen LogP contribution in [0.25, 0.3) is 5.69 Å².